The van der Waals surface area contributed by atoms with Crippen molar-refractivity contribution in [3.63, 3.8) is 0 Å². The number of carbonyl (C=O) groups excluding carboxylic acids is 2. The van der Waals surface area contributed by atoms with E-state index in [4.69, 9.17) is 9.16 Å². The first-order valence-electron chi connectivity index (χ1n) is 12.6. The van der Waals surface area contributed by atoms with Crippen molar-refractivity contribution in [2.75, 3.05) is 0 Å². The van der Waals surface area contributed by atoms with Crippen LogP contribution in [0.1, 0.15) is 79.9 Å². The summed E-state index contributed by atoms with van der Waals surface area (Å²) in [5.74, 6) is -0.503. The number of carbonyl (C=O) groups is 2. The molecule has 6 heteroatoms. The van der Waals surface area contributed by atoms with E-state index in [1.807, 2.05) is 44.2 Å². The molecular weight excluding hydrogens is 442 g/mol. The summed E-state index contributed by atoms with van der Waals surface area (Å²) in [5, 5.41) is 0.0198. The molecule has 0 N–H and O–H groups in total. The van der Waals surface area contributed by atoms with Crippen molar-refractivity contribution < 1.29 is 18.8 Å². The maximum atomic E-state index is 13.8. The Morgan fingerprint density at radius 3 is 2.29 bits per heavy atom. The number of allylic oxidation sites excluding steroid dienone is 2. The molecule has 0 aromatic heterocycles. The van der Waals surface area contributed by atoms with Crippen molar-refractivity contribution in [3.05, 3.63) is 47.5 Å². The van der Waals surface area contributed by atoms with Crippen molar-refractivity contribution >= 4 is 20.3 Å². The summed E-state index contributed by atoms with van der Waals surface area (Å²) >= 11 is 0. The summed E-state index contributed by atoms with van der Waals surface area (Å²) in [6, 6.07) is 9.25. The zero-order chi connectivity index (χ0) is 25.8. The number of hydrogen-bond acceptors (Lipinski definition) is 4. The Labute approximate surface area is 208 Å². The van der Waals surface area contributed by atoms with Crippen molar-refractivity contribution in [1.29, 1.82) is 0 Å². The van der Waals surface area contributed by atoms with Gasteiger partial charge in [0.25, 0.3) is 0 Å². The van der Waals surface area contributed by atoms with Gasteiger partial charge in [0.2, 0.25) is 5.91 Å². The third-order valence-electron chi connectivity index (χ3n) is 7.49. The smallest absolute Gasteiger partial charge is 0.417 e. The van der Waals surface area contributed by atoms with Crippen LogP contribution in [-0.2, 0) is 14.0 Å². The van der Waals surface area contributed by atoms with Crippen molar-refractivity contribution in [2.24, 2.45) is 11.8 Å². The van der Waals surface area contributed by atoms with Crippen molar-refractivity contribution in [3.8, 4) is 0 Å². The quantitative estimate of drug-likeness (QED) is 0.267. The van der Waals surface area contributed by atoms with E-state index in [2.05, 4.69) is 60.7 Å². The van der Waals surface area contributed by atoms with Gasteiger partial charge in [0.1, 0.15) is 6.10 Å². The van der Waals surface area contributed by atoms with Gasteiger partial charge in [0.15, 0.2) is 8.32 Å². The maximum Gasteiger partial charge on any atom is 0.417 e. The number of ether oxygens (including phenoxy) is 1. The highest BCUT2D eigenvalue weighted by Gasteiger charge is 2.48. The van der Waals surface area contributed by atoms with Crippen LogP contribution in [0.4, 0.5) is 4.79 Å². The number of hydrogen-bond donors (Lipinski definition) is 0. The van der Waals surface area contributed by atoms with Gasteiger partial charge in [0.05, 0.1) is 18.1 Å². The predicted molar refractivity (Wildman–Crippen MR) is 141 cm³/mol. The molecule has 1 heterocycles. The molecule has 5 nitrogen and oxygen atoms in total. The molecule has 2 rings (SSSR count). The molecule has 0 aliphatic carbocycles. The summed E-state index contributed by atoms with van der Waals surface area (Å²) in [7, 11) is -2.14. The summed E-state index contributed by atoms with van der Waals surface area (Å²) in [6.07, 6.45) is 2.81. The van der Waals surface area contributed by atoms with E-state index in [1.54, 1.807) is 0 Å². The summed E-state index contributed by atoms with van der Waals surface area (Å²) in [6.45, 7) is 21.2. The second-order valence-electron chi connectivity index (χ2n) is 11.6. The standard InChI is InChI=1S/C28H45NO4Si/c1-19(2)15-14-16-20(3)24(33-34(9,10)28(6,7)8)21(4)26(30)29-22(5)25(32-27(29)31)23-17-12-11-13-18-23/h11-13,15,17-18,20-22,24-25H,14,16H2,1-10H3/t20-,21-,22-,24+,25+/m1/s1. The fraction of sp³-hybridized carbons (Fsp3) is 0.643. The lowest BCUT2D eigenvalue weighted by molar-refractivity contribution is -0.137. The molecule has 190 valence electrons. The van der Waals surface area contributed by atoms with Crippen LogP contribution in [0.2, 0.25) is 18.1 Å². The van der Waals surface area contributed by atoms with Crippen molar-refractivity contribution in [1.82, 2.24) is 4.90 Å². The highest BCUT2D eigenvalue weighted by atomic mass is 28.4. The molecule has 0 radical (unpaired) electrons. The zero-order valence-electron chi connectivity index (χ0n) is 22.8. The first kappa shape index (κ1) is 28.3. The third-order valence-corrected chi connectivity index (χ3v) is 12.0. The Kier molecular flexibility index (Phi) is 9.34. The van der Waals surface area contributed by atoms with Crippen LogP contribution < -0.4 is 0 Å². The largest absolute Gasteiger partial charge is 0.439 e. The minimum atomic E-state index is -2.14. The Morgan fingerprint density at radius 1 is 1.18 bits per heavy atom. The van der Waals surface area contributed by atoms with Crippen LogP contribution in [0, 0.1) is 11.8 Å². The number of benzene rings is 1. The number of imide groups is 1. The number of nitrogens with zero attached hydrogens (tertiary/aromatic N) is 1. The number of rotatable bonds is 9. The van der Waals surface area contributed by atoms with E-state index in [1.165, 1.54) is 10.5 Å². The zero-order valence-corrected chi connectivity index (χ0v) is 23.8. The van der Waals surface area contributed by atoms with Gasteiger partial charge in [-0.25, -0.2) is 9.69 Å². The summed E-state index contributed by atoms with van der Waals surface area (Å²) in [4.78, 5) is 27.9. The van der Waals surface area contributed by atoms with Gasteiger partial charge < -0.3 is 9.16 Å². The van der Waals surface area contributed by atoms with Gasteiger partial charge in [-0.3, -0.25) is 4.79 Å². The van der Waals surface area contributed by atoms with Crippen molar-refractivity contribution in [2.45, 2.75) is 105 Å². The summed E-state index contributed by atoms with van der Waals surface area (Å²) in [5.41, 5.74) is 2.19. The molecule has 0 bridgehead atoms. The molecule has 0 saturated carbocycles. The van der Waals surface area contributed by atoms with E-state index < -0.39 is 26.4 Å². The molecule has 0 unspecified atom stereocenters. The lowest BCUT2D eigenvalue weighted by Gasteiger charge is -2.43. The molecule has 1 saturated heterocycles. The van der Waals surface area contributed by atoms with E-state index in [0.717, 1.165) is 18.4 Å². The Morgan fingerprint density at radius 2 is 1.76 bits per heavy atom. The van der Waals surface area contributed by atoms with Gasteiger partial charge >= 0.3 is 6.09 Å². The van der Waals surface area contributed by atoms with Crippen LogP contribution in [0.25, 0.3) is 0 Å². The predicted octanol–water partition coefficient (Wildman–Crippen LogP) is 7.50. The monoisotopic (exact) mass is 487 g/mol. The van der Waals surface area contributed by atoms with Crippen LogP contribution in [0.5, 0.6) is 0 Å². The first-order chi connectivity index (χ1) is 15.7. The molecule has 5 atom stereocenters. The van der Waals surface area contributed by atoms with Gasteiger partial charge in [-0.15, -0.1) is 0 Å². The molecule has 1 aliphatic rings. The van der Waals surface area contributed by atoms with Gasteiger partial charge in [-0.05, 0) is 63.2 Å². The normalized spacial score (nSPS) is 21.6. The first-order valence-corrected chi connectivity index (χ1v) is 15.5. The minimum Gasteiger partial charge on any atom is -0.439 e. The Balaban J connectivity index is 2.29. The molecule has 34 heavy (non-hydrogen) atoms. The topological polar surface area (TPSA) is 55.8 Å². The third kappa shape index (κ3) is 6.60. The average Bonchev–Trinajstić information content (AvgIpc) is 3.04. The molecular formula is C28H45NO4Si. The highest BCUT2D eigenvalue weighted by molar-refractivity contribution is 6.74. The number of amides is 2. The average molecular weight is 488 g/mol. The molecule has 2 amide bonds. The molecule has 1 fully saturated rings. The van der Waals surface area contributed by atoms with E-state index in [0.29, 0.717) is 0 Å². The van der Waals surface area contributed by atoms with Crippen LogP contribution in [0.15, 0.2) is 42.0 Å². The van der Waals surface area contributed by atoms with E-state index >= 15 is 0 Å². The van der Waals surface area contributed by atoms with Gasteiger partial charge in [0, 0.05) is 0 Å². The Bertz CT molecular complexity index is 870. The second kappa shape index (κ2) is 11.2. The van der Waals surface area contributed by atoms with Crippen LogP contribution in [0.3, 0.4) is 0 Å². The van der Waals surface area contributed by atoms with Gasteiger partial charge in [-0.2, -0.15) is 0 Å². The summed E-state index contributed by atoms with van der Waals surface area (Å²) < 4.78 is 12.5. The lowest BCUT2D eigenvalue weighted by Crippen LogP contribution is -2.51. The van der Waals surface area contributed by atoms with Crippen LogP contribution in [-0.4, -0.2) is 37.4 Å². The highest BCUT2D eigenvalue weighted by Crippen LogP contribution is 2.41. The van der Waals surface area contributed by atoms with Gasteiger partial charge in [-0.1, -0.05) is 76.6 Å². The lowest BCUT2D eigenvalue weighted by atomic mass is 9.88. The molecule has 1 aromatic rings. The Hall–Kier alpha value is -1.92. The second-order valence-corrected chi connectivity index (χ2v) is 16.4. The van der Waals surface area contributed by atoms with E-state index in [-0.39, 0.29) is 29.0 Å². The fourth-order valence-electron chi connectivity index (χ4n) is 4.23. The van der Waals surface area contributed by atoms with E-state index in [9.17, 15) is 9.59 Å². The molecule has 0 spiro atoms. The maximum absolute atomic E-state index is 13.8. The van der Waals surface area contributed by atoms with Crippen LogP contribution >= 0.6 is 0 Å². The number of cyclic esters (lactones) is 1. The minimum absolute atomic E-state index is 0.0198. The molecule has 1 aromatic carbocycles. The fourth-order valence-corrected chi connectivity index (χ4v) is 5.70. The molecule has 1 aliphatic heterocycles. The SMILES string of the molecule is CC(C)=CCC[C@@H](C)[C@H](O[Si](C)(C)C(C)(C)C)[C@@H](C)C(=O)N1C(=O)O[C@H](c2ccccc2)[C@H]1C.